The number of carbonyl (C=O) groups excluding carboxylic acids is 3. The number of pyridine rings is 1. The first-order valence-electron chi connectivity index (χ1n) is 12.9. The lowest BCUT2D eigenvalue weighted by Crippen LogP contribution is -2.45. The van der Waals surface area contributed by atoms with Crippen LogP contribution in [-0.2, 0) is 23.5 Å². The van der Waals surface area contributed by atoms with Gasteiger partial charge in [0.2, 0.25) is 4.33 Å². The Labute approximate surface area is 267 Å². The highest BCUT2D eigenvalue weighted by Gasteiger charge is 2.36. The van der Waals surface area contributed by atoms with E-state index in [0.717, 1.165) is 0 Å². The van der Waals surface area contributed by atoms with Gasteiger partial charge in [0.25, 0.3) is 5.91 Å². The van der Waals surface area contributed by atoms with Crippen molar-refractivity contribution in [1.82, 2.24) is 20.8 Å². The van der Waals surface area contributed by atoms with Gasteiger partial charge in [-0.25, -0.2) is 4.79 Å². The minimum Gasteiger partial charge on any atom is -0.481 e. The average Bonchev–Trinajstić information content (AvgIpc) is 3.39. The van der Waals surface area contributed by atoms with Crippen molar-refractivity contribution >= 4 is 70.2 Å². The van der Waals surface area contributed by atoms with Gasteiger partial charge in [0.05, 0.1) is 16.1 Å². The van der Waals surface area contributed by atoms with E-state index in [-0.39, 0.29) is 42.8 Å². The van der Waals surface area contributed by atoms with E-state index in [1.807, 2.05) is 0 Å². The van der Waals surface area contributed by atoms with Gasteiger partial charge in [-0.15, -0.1) is 0 Å². The highest BCUT2D eigenvalue weighted by Crippen LogP contribution is 2.38. The van der Waals surface area contributed by atoms with E-state index in [9.17, 15) is 19.2 Å². The highest BCUT2D eigenvalue weighted by atomic mass is 35.5. The maximum atomic E-state index is 12.9. The summed E-state index contributed by atoms with van der Waals surface area (Å²) in [5, 5.41) is 18.7. The molecule has 2 aromatic heterocycles. The Morgan fingerprint density at radius 3 is 2.33 bits per heavy atom. The molecule has 0 saturated heterocycles. The van der Waals surface area contributed by atoms with Crippen LogP contribution in [0.15, 0.2) is 47.1 Å². The normalized spacial score (nSPS) is 12.3. The average molecular weight is 674 g/mol. The van der Waals surface area contributed by atoms with Crippen LogP contribution in [0.25, 0.3) is 22.7 Å². The molecule has 0 aliphatic carbocycles. The van der Waals surface area contributed by atoms with Crippen LogP contribution in [0.5, 0.6) is 0 Å². The molecule has 15 heteroatoms. The number of aromatic nitrogens is 2. The van der Waals surface area contributed by atoms with Gasteiger partial charge in [-0.3, -0.25) is 19.4 Å². The second-order valence-corrected chi connectivity index (χ2v) is 12.4. The monoisotopic (exact) mass is 672 g/mol. The third-order valence-electron chi connectivity index (χ3n) is 5.77. The number of hydrogen-bond donors (Lipinski definition) is 3. The fourth-order valence-corrected chi connectivity index (χ4v) is 4.72. The Morgan fingerprint density at radius 2 is 1.70 bits per heavy atom. The predicted octanol–water partition coefficient (Wildman–Crippen LogP) is 6.17. The summed E-state index contributed by atoms with van der Waals surface area (Å²) in [7, 11) is 0. The number of alkyl carbamates (subject to hydrolysis) is 1. The summed E-state index contributed by atoms with van der Waals surface area (Å²) < 4.78 is 8.48. The Morgan fingerprint density at radius 1 is 1.02 bits per heavy atom. The molecule has 2 heterocycles. The number of halogens is 4. The molecule has 43 heavy (non-hydrogen) atoms. The first-order valence-corrected chi connectivity index (χ1v) is 14.4. The minimum absolute atomic E-state index is 0.157. The molecule has 0 aliphatic heterocycles. The summed E-state index contributed by atoms with van der Waals surface area (Å²) in [5.41, 5.74) is 0.438. The molecule has 3 rings (SSSR count). The number of rotatable bonds is 12. The molecule has 0 spiro atoms. The second kappa shape index (κ2) is 14.4. The number of alkyl halides is 2. The molecule has 1 aromatic carbocycles. The summed E-state index contributed by atoms with van der Waals surface area (Å²) in [6, 6.07) is 8.31. The maximum absolute atomic E-state index is 12.9. The molecule has 0 aliphatic rings. The lowest BCUT2D eigenvalue weighted by Gasteiger charge is -2.23. The number of aliphatic carboxylic acids is 1. The zero-order chi connectivity index (χ0) is 31.9. The van der Waals surface area contributed by atoms with Crippen molar-refractivity contribution in [2.75, 3.05) is 6.54 Å². The summed E-state index contributed by atoms with van der Waals surface area (Å²) in [4.78, 5) is 53.1. The number of ether oxygens (including phenoxy) is 1. The third-order valence-corrected chi connectivity index (χ3v) is 7.18. The number of nitrogens with one attached hydrogen (secondary N) is 2. The van der Waals surface area contributed by atoms with E-state index in [0.29, 0.717) is 21.3 Å². The van der Waals surface area contributed by atoms with Crippen molar-refractivity contribution in [3.8, 4) is 22.7 Å². The van der Waals surface area contributed by atoms with Crippen LogP contribution >= 0.6 is 46.4 Å². The van der Waals surface area contributed by atoms with Gasteiger partial charge in [0, 0.05) is 42.8 Å². The van der Waals surface area contributed by atoms with Gasteiger partial charge >= 0.3 is 12.1 Å². The lowest BCUT2D eigenvalue weighted by atomic mass is 10.0. The Hall–Kier alpha value is -3.38. The minimum atomic E-state index is -2.09. The number of carbonyl (C=O) groups is 4. The molecule has 0 bridgehead atoms. The van der Waals surface area contributed by atoms with Crippen LogP contribution in [0.1, 0.15) is 45.6 Å². The van der Waals surface area contributed by atoms with Crippen LogP contribution in [0.4, 0.5) is 4.79 Å². The first-order chi connectivity index (χ1) is 20.1. The van der Waals surface area contributed by atoms with Crippen LogP contribution in [0.2, 0.25) is 10.0 Å². The van der Waals surface area contributed by atoms with Crippen molar-refractivity contribution in [2.24, 2.45) is 0 Å². The summed E-state index contributed by atoms with van der Waals surface area (Å²) >= 11 is 25.4. The molecule has 1 unspecified atom stereocenters. The van der Waals surface area contributed by atoms with E-state index in [1.54, 1.807) is 45.0 Å². The summed E-state index contributed by atoms with van der Waals surface area (Å²) in [5.74, 6) is -2.26. The summed E-state index contributed by atoms with van der Waals surface area (Å²) in [6.45, 7) is 4.74. The zero-order valence-corrected chi connectivity index (χ0v) is 26.3. The van der Waals surface area contributed by atoms with Gasteiger partial charge < -0.3 is 25.0 Å². The topological polar surface area (TPSA) is 161 Å². The molecule has 2 amide bonds. The van der Waals surface area contributed by atoms with Crippen molar-refractivity contribution in [3.05, 3.63) is 58.2 Å². The Kier molecular flexibility index (Phi) is 11.4. The fraction of sp³-hybridized carbons (Fsp3) is 0.357. The van der Waals surface area contributed by atoms with E-state index in [1.165, 1.54) is 18.3 Å². The summed E-state index contributed by atoms with van der Waals surface area (Å²) in [6.07, 6.45) is -0.275. The van der Waals surface area contributed by atoms with Gasteiger partial charge in [0.1, 0.15) is 17.0 Å². The lowest BCUT2D eigenvalue weighted by molar-refractivity contribution is -0.137. The zero-order valence-electron chi connectivity index (χ0n) is 23.3. The van der Waals surface area contributed by atoms with Crippen molar-refractivity contribution in [2.45, 2.75) is 56.0 Å². The SMILES string of the molecule is CC(C)(C)OC(=O)NC(CCC(=O)O)C(=O)CCNC(=O)C(Cl)(Cl)c1ccnc(-c2cc(-c3c(Cl)cccc3Cl)no2)c1. The quantitative estimate of drug-likeness (QED) is 0.191. The molecule has 230 valence electrons. The number of amides is 2. The maximum Gasteiger partial charge on any atom is 0.408 e. The van der Waals surface area contributed by atoms with Crippen LogP contribution in [-0.4, -0.2) is 57.2 Å². The fourth-order valence-electron chi connectivity index (χ4n) is 3.76. The number of hydrogen-bond acceptors (Lipinski definition) is 8. The Bertz CT molecular complexity index is 1480. The van der Waals surface area contributed by atoms with Crippen molar-refractivity contribution in [1.29, 1.82) is 0 Å². The number of carboxylic acid groups (broad SMARTS) is 1. The number of benzene rings is 1. The number of Topliss-reactive ketones (excluding diaryl/α,β-unsaturated/α-hetero) is 1. The molecular formula is C28H28Cl4N4O7. The van der Waals surface area contributed by atoms with Crippen molar-refractivity contribution in [3.63, 3.8) is 0 Å². The smallest absolute Gasteiger partial charge is 0.408 e. The van der Waals surface area contributed by atoms with Gasteiger partial charge in [-0.1, -0.05) is 57.6 Å². The van der Waals surface area contributed by atoms with Gasteiger partial charge in [-0.2, -0.15) is 0 Å². The van der Waals surface area contributed by atoms with Crippen LogP contribution < -0.4 is 10.6 Å². The highest BCUT2D eigenvalue weighted by molar-refractivity contribution is 6.57. The molecule has 3 N–H and O–H groups in total. The van der Waals surface area contributed by atoms with E-state index in [4.69, 9.17) is 60.8 Å². The van der Waals surface area contributed by atoms with Crippen LogP contribution in [0.3, 0.4) is 0 Å². The van der Waals surface area contributed by atoms with Crippen LogP contribution in [0, 0.1) is 0 Å². The molecule has 1 atom stereocenters. The standard InChI is InChI=1S/C28H28Cl4N4O7/c1-27(2,3)42-26(41)35-18(7-8-23(38)39)21(37)10-12-34-25(40)28(31,32)15-9-11-33-19(13-15)22-14-20(36-43-22)24-16(29)5-4-6-17(24)30/h4-6,9,11,13-14,18H,7-8,10,12H2,1-3H3,(H,34,40)(H,35,41)(H,38,39). The molecule has 0 saturated carbocycles. The van der Waals surface area contributed by atoms with E-state index in [2.05, 4.69) is 20.8 Å². The predicted molar refractivity (Wildman–Crippen MR) is 161 cm³/mol. The van der Waals surface area contributed by atoms with Gasteiger partial charge in [0.15, 0.2) is 11.5 Å². The van der Waals surface area contributed by atoms with E-state index < -0.39 is 39.7 Å². The number of nitrogens with zero attached hydrogens (tertiary/aromatic N) is 2. The van der Waals surface area contributed by atoms with Gasteiger partial charge in [-0.05, 0) is 51.5 Å². The third kappa shape index (κ3) is 9.56. The molecule has 11 nitrogen and oxygen atoms in total. The molecular weight excluding hydrogens is 646 g/mol. The molecule has 0 fully saturated rings. The van der Waals surface area contributed by atoms with Crippen molar-refractivity contribution < 1.29 is 33.5 Å². The second-order valence-electron chi connectivity index (χ2n) is 10.3. The Balaban J connectivity index is 1.67. The first kappa shape index (κ1) is 34.1. The number of ketones is 1. The largest absolute Gasteiger partial charge is 0.481 e. The van der Waals surface area contributed by atoms with E-state index >= 15 is 0 Å². The molecule has 3 aromatic rings. The molecule has 0 radical (unpaired) electrons. The number of carboxylic acids is 1.